The van der Waals surface area contributed by atoms with Crippen molar-refractivity contribution in [3.05, 3.63) is 24.3 Å². The number of nitriles is 4. The largest absolute Gasteiger partial charge is 0.319 e. The summed E-state index contributed by atoms with van der Waals surface area (Å²) in [6.07, 6.45) is 1.44. The van der Waals surface area contributed by atoms with Gasteiger partial charge in [0.25, 0.3) is 0 Å². The van der Waals surface area contributed by atoms with E-state index in [0.29, 0.717) is 10.6 Å². The van der Waals surface area contributed by atoms with E-state index in [1.54, 1.807) is 24.3 Å². The Morgan fingerprint density at radius 2 is 0.808 bits per heavy atom. The van der Waals surface area contributed by atoms with E-state index in [9.17, 15) is 9.13 Å². The van der Waals surface area contributed by atoms with Crippen LogP contribution in [0.15, 0.2) is 24.3 Å². The molecule has 0 amide bonds. The second-order valence-electron chi connectivity index (χ2n) is 5.82. The van der Waals surface area contributed by atoms with Gasteiger partial charge in [-0.1, -0.05) is 24.3 Å². The number of hydrogen-bond acceptors (Lipinski definition) is 6. The van der Waals surface area contributed by atoms with Gasteiger partial charge in [0.05, 0.1) is 24.3 Å². The van der Waals surface area contributed by atoms with Crippen molar-refractivity contribution in [1.82, 2.24) is 0 Å². The Bertz CT molecular complexity index is 750. The molecule has 0 aliphatic heterocycles. The van der Waals surface area contributed by atoms with E-state index in [0.717, 1.165) is 0 Å². The van der Waals surface area contributed by atoms with Crippen molar-refractivity contribution in [2.75, 3.05) is 24.6 Å². The van der Waals surface area contributed by atoms with Crippen LogP contribution < -0.4 is 10.6 Å². The molecule has 26 heavy (non-hydrogen) atoms. The van der Waals surface area contributed by atoms with Crippen LogP contribution in [0.4, 0.5) is 0 Å². The zero-order valence-corrected chi connectivity index (χ0v) is 16.3. The predicted molar refractivity (Wildman–Crippen MR) is 101 cm³/mol. The zero-order chi connectivity index (χ0) is 19.5. The Kier molecular flexibility index (Phi) is 8.83. The molecule has 0 N–H and O–H groups in total. The first-order valence-electron chi connectivity index (χ1n) is 8.21. The molecule has 0 atom stereocenters. The Hall–Kier alpha value is -2.36. The summed E-state index contributed by atoms with van der Waals surface area (Å²) in [7, 11) is -5.72. The normalized spacial score (nSPS) is 10.9. The van der Waals surface area contributed by atoms with Gasteiger partial charge in [-0.2, -0.15) is 21.0 Å². The summed E-state index contributed by atoms with van der Waals surface area (Å²) in [5.41, 5.74) is 0. The highest BCUT2D eigenvalue weighted by Crippen LogP contribution is 2.48. The molecule has 0 aromatic heterocycles. The van der Waals surface area contributed by atoms with Crippen LogP contribution in [0, 0.1) is 45.3 Å². The minimum atomic E-state index is -2.86. The topological polar surface area (TPSA) is 129 Å². The van der Waals surface area contributed by atoms with Crippen LogP contribution in [-0.4, -0.2) is 24.6 Å². The summed E-state index contributed by atoms with van der Waals surface area (Å²) in [4.78, 5) is 0. The molecule has 0 spiro atoms. The molecule has 0 fully saturated rings. The van der Waals surface area contributed by atoms with E-state index in [2.05, 4.69) is 0 Å². The fourth-order valence-electron chi connectivity index (χ4n) is 2.66. The van der Waals surface area contributed by atoms with E-state index in [-0.39, 0.29) is 50.3 Å². The molecule has 0 heterocycles. The van der Waals surface area contributed by atoms with Gasteiger partial charge in [-0.15, -0.1) is 0 Å². The molecule has 1 aromatic rings. The highest BCUT2D eigenvalue weighted by molar-refractivity contribution is 7.72. The molecular weight excluding hydrogens is 366 g/mol. The second-order valence-corrected chi connectivity index (χ2v) is 12.2. The number of hydrogen-bond donors (Lipinski definition) is 0. The first kappa shape index (κ1) is 21.7. The molecule has 1 rings (SSSR count). The molecule has 0 aliphatic carbocycles. The fraction of sp³-hybridized carbons (Fsp3) is 0.444. The number of benzene rings is 1. The Morgan fingerprint density at radius 1 is 0.577 bits per heavy atom. The zero-order valence-electron chi connectivity index (χ0n) is 14.5. The van der Waals surface area contributed by atoms with Gasteiger partial charge in [-0.25, -0.2) is 0 Å². The molecule has 0 saturated heterocycles. The number of rotatable bonds is 10. The first-order chi connectivity index (χ1) is 12.5. The standard InChI is InChI=1S/C18H20N4O2P2/c19-9-1-13-25(23,14-2-10-20)17-5-7-18(8-6-17)26(24,15-3-11-21)16-4-12-22/h5-8H,1-4,13-16H2. The average molecular weight is 386 g/mol. The molecule has 0 aliphatic rings. The fourth-order valence-corrected chi connectivity index (χ4v) is 7.37. The van der Waals surface area contributed by atoms with E-state index in [4.69, 9.17) is 21.0 Å². The van der Waals surface area contributed by atoms with Gasteiger partial charge in [0.2, 0.25) is 0 Å². The van der Waals surface area contributed by atoms with Crippen LogP contribution >= 0.6 is 14.3 Å². The maximum Gasteiger partial charge on any atom is 0.117 e. The van der Waals surface area contributed by atoms with Gasteiger partial charge in [0, 0.05) is 60.9 Å². The number of nitrogens with zero attached hydrogens (tertiary/aromatic N) is 4. The van der Waals surface area contributed by atoms with Gasteiger partial charge < -0.3 is 9.13 Å². The van der Waals surface area contributed by atoms with Gasteiger partial charge in [0.1, 0.15) is 14.3 Å². The molecule has 1 aromatic carbocycles. The lowest BCUT2D eigenvalue weighted by atomic mass is 10.4. The SMILES string of the molecule is N#CCCP(=O)(CCC#N)c1ccc(P(=O)(CCC#N)CCC#N)cc1. The Labute approximate surface area is 154 Å². The van der Waals surface area contributed by atoms with Crippen molar-refractivity contribution >= 4 is 24.9 Å². The van der Waals surface area contributed by atoms with Crippen molar-refractivity contribution in [2.24, 2.45) is 0 Å². The molecule has 0 bridgehead atoms. The van der Waals surface area contributed by atoms with Gasteiger partial charge in [-0.3, -0.25) is 0 Å². The minimum Gasteiger partial charge on any atom is -0.319 e. The highest BCUT2D eigenvalue weighted by Gasteiger charge is 2.27. The summed E-state index contributed by atoms with van der Waals surface area (Å²) in [5.74, 6) is 0. The molecule has 6 nitrogen and oxygen atoms in total. The van der Waals surface area contributed by atoms with Crippen LogP contribution in [0.2, 0.25) is 0 Å². The van der Waals surface area contributed by atoms with E-state index in [1.165, 1.54) is 0 Å². The van der Waals surface area contributed by atoms with Crippen molar-refractivity contribution in [2.45, 2.75) is 25.7 Å². The molecular formula is C18H20N4O2P2. The Balaban J connectivity index is 3.17. The lowest BCUT2D eigenvalue weighted by Gasteiger charge is -2.19. The minimum absolute atomic E-state index is 0.146. The van der Waals surface area contributed by atoms with Crippen molar-refractivity contribution in [3.63, 3.8) is 0 Å². The quantitative estimate of drug-likeness (QED) is 0.567. The van der Waals surface area contributed by atoms with Crippen LogP contribution in [0.5, 0.6) is 0 Å². The van der Waals surface area contributed by atoms with Crippen molar-refractivity contribution in [3.8, 4) is 24.3 Å². The van der Waals surface area contributed by atoms with Crippen LogP contribution in [0.3, 0.4) is 0 Å². The van der Waals surface area contributed by atoms with Gasteiger partial charge >= 0.3 is 0 Å². The Morgan fingerprint density at radius 3 is 1.00 bits per heavy atom. The molecule has 0 saturated carbocycles. The maximum absolute atomic E-state index is 13.2. The molecule has 8 heteroatoms. The van der Waals surface area contributed by atoms with Crippen LogP contribution in [0.1, 0.15) is 25.7 Å². The second kappa shape index (κ2) is 10.6. The predicted octanol–water partition coefficient (Wildman–Crippen LogP) is 3.32. The van der Waals surface area contributed by atoms with E-state index < -0.39 is 14.3 Å². The lowest BCUT2D eigenvalue weighted by Crippen LogP contribution is -2.16. The maximum atomic E-state index is 13.2. The first-order valence-corrected chi connectivity index (χ1v) is 12.4. The molecule has 134 valence electrons. The smallest absolute Gasteiger partial charge is 0.117 e. The van der Waals surface area contributed by atoms with Crippen LogP contribution in [-0.2, 0) is 9.13 Å². The summed E-state index contributed by atoms with van der Waals surface area (Å²) in [6, 6.07) is 14.6. The third kappa shape index (κ3) is 5.87. The average Bonchev–Trinajstić information content (AvgIpc) is 2.67. The van der Waals surface area contributed by atoms with Gasteiger partial charge in [-0.05, 0) is 0 Å². The van der Waals surface area contributed by atoms with E-state index >= 15 is 0 Å². The monoisotopic (exact) mass is 386 g/mol. The highest BCUT2D eigenvalue weighted by atomic mass is 31.2. The van der Waals surface area contributed by atoms with E-state index in [1.807, 2.05) is 24.3 Å². The summed E-state index contributed by atoms with van der Waals surface area (Å²) in [6.45, 7) is 0. The third-order valence-electron chi connectivity index (χ3n) is 4.13. The summed E-state index contributed by atoms with van der Waals surface area (Å²) in [5, 5.41) is 36.3. The summed E-state index contributed by atoms with van der Waals surface area (Å²) < 4.78 is 26.4. The van der Waals surface area contributed by atoms with Crippen LogP contribution in [0.25, 0.3) is 0 Å². The molecule has 0 unspecified atom stereocenters. The molecule has 0 radical (unpaired) electrons. The van der Waals surface area contributed by atoms with Crippen molar-refractivity contribution in [1.29, 1.82) is 21.0 Å². The summed E-state index contributed by atoms with van der Waals surface area (Å²) >= 11 is 0. The van der Waals surface area contributed by atoms with Gasteiger partial charge in [0.15, 0.2) is 0 Å². The lowest BCUT2D eigenvalue weighted by molar-refractivity contribution is 0.579. The third-order valence-corrected chi connectivity index (χ3v) is 10.4. The van der Waals surface area contributed by atoms with Crippen molar-refractivity contribution < 1.29 is 9.13 Å².